The molecule has 1 fully saturated rings. The minimum atomic E-state index is -0.249. The number of aryl methyl sites for hydroxylation is 1. The summed E-state index contributed by atoms with van der Waals surface area (Å²) in [6, 6.07) is 15.9. The fourth-order valence-electron chi connectivity index (χ4n) is 3.35. The van der Waals surface area contributed by atoms with Crippen molar-refractivity contribution in [3.63, 3.8) is 0 Å². The monoisotopic (exact) mass is 391 g/mol. The molecule has 1 N–H and O–H groups in total. The molecule has 7 heteroatoms. The minimum absolute atomic E-state index is 0.112. The second kappa shape index (κ2) is 8.26. The number of aromatic nitrogens is 2. The number of anilines is 3. The van der Waals surface area contributed by atoms with Crippen LogP contribution in [0.25, 0.3) is 0 Å². The van der Waals surface area contributed by atoms with Gasteiger partial charge >= 0.3 is 0 Å². The molecule has 0 aliphatic carbocycles. The SMILES string of the molecule is Cc1ccccc1Nc1nccc(C(=O)N2CCN(c3ccc(F)cc3)CC2)n1. The van der Waals surface area contributed by atoms with Crippen molar-refractivity contribution in [2.24, 2.45) is 0 Å². The van der Waals surface area contributed by atoms with Gasteiger partial charge in [0.05, 0.1) is 0 Å². The highest BCUT2D eigenvalue weighted by atomic mass is 19.1. The van der Waals surface area contributed by atoms with E-state index in [0.29, 0.717) is 37.8 Å². The zero-order chi connectivity index (χ0) is 20.2. The predicted molar refractivity (Wildman–Crippen MR) is 111 cm³/mol. The van der Waals surface area contributed by atoms with Gasteiger partial charge in [0.2, 0.25) is 5.95 Å². The Bertz CT molecular complexity index is 1000. The third kappa shape index (κ3) is 4.34. The molecule has 148 valence electrons. The van der Waals surface area contributed by atoms with Gasteiger partial charge in [-0.1, -0.05) is 18.2 Å². The molecule has 1 aliphatic rings. The van der Waals surface area contributed by atoms with E-state index in [9.17, 15) is 9.18 Å². The fraction of sp³-hybridized carbons (Fsp3) is 0.227. The number of hydrogen-bond acceptors (Lipinski definition) is 5. The van der Waals surface area contributed by atoms with Crippen molar-refractivity contribution in [1.82, 2.24) is 14.9 Å². The van der Waals surface area contributed by atoms with Crippen LogP contribution in [0.15, 0.2) is 60.8 Å². The minimum Gasteiger partial charge on any atom is -0.368 e. The summed E-state index contributed by atoms with van der Waals surface area (Å²) in [6.07, 6.45) is 1.59. The highest BCUT2D eigenvalue weighted by molar-refractivity contribution is 5.92. The molecule has 1 aliphatic heterocycles. The average molecular weight is 391 g/mol. The molecule has 0 saturated carbocycles. The lowest BCUT2D eigenvalue weighted by Gasteiger charge is -2.36. The number of halogens is 1. The molecule has 1 saturated heterocycles. The van der Waals surface area contributed by atoms with Crippen LogP contribution in [0.3, 0.4) is 0 Å². The Morgan fingerprint density at radius 1 is 1.00 bits per heavy atom. The zero-order valence-electron chi connectivity index (χ0n) is 16.2. The first-order valence-electron chi connectivity index (χ1n) is 9.55. The van der Waals surface area contributed by atoms with Gasteiger partial charge in [0, 0.05) is 43.8 Å². The lowest BCUT2D eigenvalue weighted by molar-refractivity contribution is 0.0741. The lowest BCUT2D eigenvalue weighted by atomic mass is 10.2. The second-order valence-corrected chi connectivity index (χ2v) is 6.96. The van der Waals surface area contributed by atoms with Gasteiger partial charge in [-0.2, -0.15) is 0 Å². The summed E-state index contributed by atoms with van der Waals surface area (Å²) < 4.78 is 13.1. The molecule has 1 amide bonds. The zero-order valence-corrected chi connectivity index (χ0v) is 16.2. The molecule has 2 aromatic carbocycles. The van der Waals surface area contributed by atoms with Crippen LogP contribution in [0, 0.1) is 12.7 Å². The molecule has 0 spiro atoms. The molecular formula is C22H22FN5O. The van der Waals surface area contributed by atoms with Crippen molar-refractivity contribution in [3.05, 3.63) is 77.9 Å². The van der Waals surface area contributed by atoms with Gasteiger partial charge < -0.3 is 15.1 Å². The van der Waals surface area contributed by atoms with Gasteiger partial charge in [-0.25, -0.2) is 14.4 Å². The molecule has 1 aromatic heterocycles. The Labute approximate surface area is 169 Å². The van der Waals surface area contributed by atoms with E-state index in [4.69, 9.17) is 0 Å². The van der Waals surface area contributed by atoms with Gasteiger partial charge in [-0.3, -0.25) is 4.79 Å². The highest BCUT2D eigenvalue weighted by Crippen LogP contribution is 2.19. The van der Waals surface area contributed by atoms with Crippen LogP contribution < -0.4 is 10.2 Å². The van der Waals surface area contributed by atoms with Crippen molar-refractivity contribution >= 4 is 23.2 Å². The van der Waals surface area contributed by atoms with Crippen LogP contribution in [-0.2, 0) is 0 Å². The topological polar surface area (TPSA) is 61.4 Å². The fourth-order valence-corrected chi connectivity index (χ4v) is 3.35. The molecule has 0 radical (unpaired) electrons. The summed E-state index contributed by atoms with van der Waals surface area (Å²) >= 11 is 0. The summed E-state index contributed by atoms with van der Waals surface area (Å²) in [5.41, 5.74) is 3.31. The van der Waals surface area contributed by atoms with Crippen molar-refractivity contribution in [1.29, 1.82) is 0 Å². The number of piperazine rings is 1. The Morgan fingerprint density at radius 2 is 1.72 bits per heavy atom. The van der Waals surface area contributed by atoms with Crippen LogP contribution in [-0.4, -0.2) is 47.0 Å². The summed E-state index contributed by atoms with van der Waals surface area (Å²) in [5.74, 6) is 0.0375. The van der Waals surface area contributed by atoms with Gasteiger partial charge in [-0.15, -0.1) is 0 Å². The van der Waals surface area contributed by atoms with Crippen LogP contribution >= 0.6 is 0 Å². The predicted octanol–water partition coefficient (Wildman–Crippen LogP) is 3.63. The average Bonchev–Trinajstić information content (AvgIpc) is 2.76. The number of para-hydroxylation sites is 1. The maximum absolute atomic E-state index is 13.1. The van der Waals surface area contributed by atoms with E-state index in [-0.39, 0.29) is 11.7 Å². The summed E-state index contributed by atoms with van der Waals surface area (Å²) in [4.78, 5) is 25.5. The number of amides is 1. The quantitative estimate of drug-likeness (QED) is 0.736. The van der Waals surface area contributed by atoms with Crippen molar-refractivity contribution in [2.45, 2.75) is 6.92 Å². The molecule has 6 nitrogen and oxygen atoms in total. The van der Waals surface area contributed by atoms with E-state index < -0.39 is 0 Å². The Balaban J connectivity index is 1.41. The van der Waals surface area contributed by atoms with Gasteiger partial charge in [0.1, 0.15) is 11.5 Å². The lowest BCUT2D eigenvalue weighted by Crippen LogP contribution is -2.49. The van der Waals surface area contributed by atoms with Crippen molar-refractivity contribution < 1.29 is 9.18 Å². The van der Waals surface area contributed by atoms with Gasteiger partial charge in [-0.05, 0) is 48.9 Å². The molecule has 0 unspecified atom stereocenters. The first-order valence-corrected chi connectivity index (χ1v) is 9.55. The van der Waals surface area contributed by atoms with E-state index in [1.165, 1.54) is 12.1 Å². The van der Waals surface area contributed by atoms with E-state index in [2.05, 4.69) is 20.2 Å². The van der Waals surface area contributed by atoms with E-state index in [0.717, 1.165) is 16.9 Å². The standard InChI is InChI=1S/C22H22FN5O/c1-16-4-2-3-5-19(16)25-22-24-11-10-20(26-22)21(29)28-14-12-27(13-15-28)18-8-6-17(23)7-9-18/h2-11H,12-15H2,1H3,(H,24,25,26). The first-order chi connectivity index (χ1) is 14.1. The molecular weight excluding hydrogens is 369 g/mol. The number of nitrogens with zero attached hydrogens (tertiary/aromatic N) is 4. The molecule has 2 heterocycles. The van der Waals surface area contributed by atoms with Crippen molar-refractivity contribution in [2.75, 3.05) is 36.4 Å². The van der Waals surface area contributed by atoms with E-state index >= 15 is 0 Å². The van der Waals surface area contributed by atoms with Crippen LogP contribution in [0.2, 0.25) is 0 Å². The van der Waals surface area contributed by atoms with Crippen molar-refractivity contribution in [3.8, 4) is 0 Å². The van der Waals surface area contributed by atoms with Crippen LogP contribution in [0.1, 0.15) is 16.1 Å². The third-order valence-electron chi connectivity index (χ3n) is 5.02. The number of carbonyl (C=O) groups excluding carboxylic acids is 1. The smallest absolute Gasteiger partial charge is 0.272 e. The number of rotatable bonds is 4. The largest absolute Gasteiger partial charge is 0.368 e. The maximum Gasteiger partial charge on any atom is 0.272 e. The normalized spacial score (nSPS) is 14.0. The second-order valence-electron chi connectivity index (χ2n) is 6.96. The number of benzene rings is 2. The number of carbonyl (C=O) groups is 1. The molecule has 29 heavy (non-hydrogen) atoms. The van der Waals surface area contributed by atoms with E-state index in [1.54, 1.807) is 29.3 Å². The molecule has 3 aromatic rings. The van der Waals surface area contributed by atoms with Crippen LogP contribution in [0.5, 0.6) is 0 Å². The number of nitrogens with one attached hydrogen (secondary N) is 1. The first kappa shape index (κ1) is 18.9. The Morgan fingerprint density at radius 3 is 2.45 bits per heavy atom. The summed E-state index contributed by atoms with van der Waals surface area (Å²) in [6.45, 7) is 4.55. The maximum atomic E-state index is 13.1. The molecule has 0 bridgehead atoms. The van der Waals surface area contributed by atoms with Crippen LogP contribution in [0.4, 0.5) is 21.7 Å². The highest BCUT2D eigenvalue weighted by Gasteiger charge is 2.23. The molecule has 4 rings (SSSR count). The Kier molecular flexibility index (Phi) is 5.37. The summed E-state index contributed by atoms with van der Waals surface area (Å²) in [5, 5.41) is 3.17. The third-order valence-corrected chi connectivity index (χ3v) is 5.02. The Hall–Kier alpha value is -3.48. The van der Waals surface area contributed by atoms with Gasteiger partial charge in [0.25, 0.3) is 5.91 Å². The summed E-state index contributed by atoms with van der Waals surface area (Å²) in [7, 11) is 0. The number of hydrogen-bond donors (Lipinski definition) is 1. The van der Waals surface area contributed by atoms with E-state index in [1.807, 2.05) is 31.2 Å². The molecule has 0 atom stereocenters. The van der Waals surface area contributed by atoms with Gasteiger partial charge in [0.15, 0.2) is 0 Å².